The standard InChI is InChI=1S/C16H13BrN2OS/c1-19(16(20)11-6-2-3-7-12(11)17)10-15-18-13-8-4-5-9-14(13)21-15/h2-9H,10H2,1H3. The maximum absolute atomic E-state index is 12.5. The van der Waals surface area contributed by atoms with Crippen LogP contribution in [0.2, 0.25) is 0 Å². The highest BCUT2D eigenvalue weighted by molar-refractivity contribution is 9.10. The van der Waals surface area contributed by atoms with Crippen molar-refractivity contribution < 1.29 is 4.79 Å². The average molecular weight is 361 g/mol. The number of carbonyl (C=O) groups is 1. The topological polar surface area (TPSA) is 33.2 Å². The lowest BCUT2D eigenvalue weighted by Gasteiger charge is -2.16. The summed E-state index contributed by atoms with van der Waals surface area (Å²) < 4.78 is 1.96. The SMILES string of the molecule is CN(Cc1nc2ccccc2s1)C(=O)c1ccccc1Br. The fraction of sp³-hybridized carbons (Fsp3) is 0.125. The monoisotopic (exact) mass is 360 g/mol. The summed E-state index contributed by atoms with van der Waals surface area (Å²) in [6, 6.07) is 15.5. The smallest absolute Gasteiger partial charge is 0.255 e. The zero-order valence-corrected chi connectivity index (χ0v) is 13.8. The number of halogens is 1. The largest absolute Gasteiger partial charge is 0.335 e. The van der Waals surface area contributed by atoms with Gasteiger partial charge in [-0.25, -0.2) is 4.98 Å². The van der Waals surface area contributed by atoms with Crippen LogP contribution in [0.4, 0.5) is 0 Å². The van der Waals surface area contributed by atoms with Crippen LogP contribution in [0, 0.1) is 0 Å². The molecule has 1 heterocycles. The number of para-hydroxylation sites is 1. The van der Waals surface area contributed by atoms with E-state index >= 15 is 0 Å². The molecule has 5 heteroatoms. The van der Waals surface area contributed by atoms with Crippen molar-refractivity contribution in [2.24, 2.45) is 0 Å². The maximum atomic E-state index is 12.5. The highest BCUT2D eigenvalue weighted by Crippen LogP contribution is 2.23. The number of rotatable bonds is 3. The van der Waals surface area contributed by atoms with Gasteiger partial charge in [0, 0.05) is 11.5 Å². The number of hydrogen-bond donors (Lipinski definition) is 0. The van der Waals surface area contributed by atoms with E-state index in [9.17, 15) is 4.79 Å². The van der Waals surface area contributed by atoms with Gasteiger partial charge in [0.1, 0.15) is 5.01 Å². The fourth-order valence-corrected chi connectivity index (χ4v) is 3.58. The first kappa shape index (κ1) is 14.2. The molecule has 3 aromatic rings. The van der Waals surface area contributed by atoms with E-state index < -0.39 is 0 Å². The highest BCUT2D eigenvalue weighted by atomic mass is 79.9. The zero-order chi connectivity index (χ0) is 14.8. The number of nitrogens with zero attached hydrogens (tertiary/aromatic N) is 2. The Kier molecular flexibility index (Phi) is 4.03. The molecular weight excluding hydrogens is 348 g/mol. The lowest BCUT2D eigenvalue weighted by molar-refractivity contribution is 0.0784. The Morgan fingerprint density at radius 2 is 1.90 bits per heavy atom. The third-order valence-electron chi connectivity index (χ3n) is 3.16. The van der Waals surface area contributed by atoms with Gasteiger partial charge in [-0.3, -0.25) is 4.79 Å². The molecule has 1 amide bonds. The van der Waals surface area contributed by atoms with E-state index in [1.165, 1.54) is 0 Å². The Morgan fingerprint density at radius 3 is 2.67 bits per heavy atom. The molecule has 0 saturated heterocycles. The normalized spacial score (nSPS) is 10.8. The van der Waals surface area contributed by atoms with Gasteiger partial charge in [0.25, 0.3) is 5.91 Å². The first-order valence-electron chi connectivity index (χ1n) is 6.49. The maximum Gasteiger partial charge on any atom is 0.255 e. The van der Waals surface area contributed by atoms with Crippen LogP contribution in [-0.2, 0) is 6.54 Å². The minimum absolute atomic E-state index is 0.0123. The van der Waals surface area contributed by atoms with Crippen molar-refractivity contribution in [3.8, 4) is 0 Å². The van der Waals surface area contributed by atoms with E-state index in [-0.39, 0.29) is 5.91 Å². The summed E-state index contributed by atoms with van der Waals surface area (Å²) in [6.45, 7) is 0.513. The average Bonchev–Trinajstić information content (AvgIpc) is 2.89. The molecule has 21 heavy (non-hydrogen) atoms. The lowest BCUT2D eigenvalue weighted by Crippen LogP contribution is -2.26. The summed E-state index contributed by atoms with van der Waals surface area (Å²) in [7, 11) is 1.80. The van der Waals surface area contributed by atoms with Gasteiger partial charge in [-0.15, -0.1) is 11.3 Å². The number of benzene rings is 2. The van der Waals surface area contributed by atoms with Gasteiger partial charge in [-0.1, -0.05) is 24.3 Å². The molecule has 3 nitrogen and oxygen atoms in total. The predicted molar refractivity (Wildman–Crippen MR) is 89.6 cm³/mol. The van der Waals surface area contributed by atoms with Crippen LogP contribution in [0.25, 0.3) is 10.2 Å². The molecular formula is C16H13BrN2OS. The Balaban J connectivity index is 1.81. The molecule has 0 spiro atoms. The molecule has 3 rings (SSSR count). The van der Waals surface area contributed by atoms with Gasteiger partial charge in [0.05, 0.1) is 22.3 Å². The van der Waals surface area contributed by atoms with Gasteiger partial charge in [0.15, 0.2) is 0 Å². The number of fused-ring (bicyclic) bond motifs is 1. The summed E-state index contributed by atoms with van der Waals surface area (Å²) in [5.74, 6) is -0.0123. The van der Waals surface area contributed by atoms with Gasteiger partial charge in [-0.2, -0.15) is 0 Å². The molecule has 0 aliphatic rings. The Morgan fingerprint density at radius 1 is 1.19 bits per heavy atom. The molecule has 0 bridgehead atoms. The minimum Gasteiger partial charge on any atom is -0.335 e. The van der Waals surface area contributed by atoms with Crippen LogP contribution in [0.5, 0.6) is 0 Å². The Bertz CT molecular complexity index is 767. The third-order valence-corrected chi connectivity index (χ3v) is 4.87. The van der Waals surface area contributed by atoms with E-state index in [2.05, 4.69) is 20.9 Å². The molecule has 0 aliphatic heterocycles. The van der Waals surface area contributed by atoms with Crippen molar-refractivity contribution in [1.82, 2.24) is 9.88 Å². The van der Waals surface area contributed by atoms with Crippen LogP contribution in [-0.4, -0.2) is 22.8 Å². The van der Waals surface area contributed by atoms with Crippen molar-refractivity contribution in [2.75, 3.05) is 7.05 Å². The van der Waals surface area contributed by atoms with Crippen molar-refractivity contribution in [3.63, 3.8) is 0 Å². The van der Waals surface area contributed by atoms with Gasteiger partial charge in [-0.05, 0) is 40.2 Å². The van der Waals surface area contributed by atoms with Gasteiger partial charge in [0.2, 0.25) is 0 Å². The van der Waals surface area contributed by atoms with Crippen LogP contribution in [0.1, 0.15) is 15.4 Å². The molecule has 0 saturated carbocycles. The second kappa shape index (κ2) is 5.95. The summed E-state index contributed by atoms with van der Waals surface area (Å²) in [6.07, 6.45) is 0. The van der Waals surface area contributed by atoms with Crippen molar-refractivity contribution >= 4 is 43.4 Å². The molecule has 1 aromatic heterocycles. The zero-order valence-electron chi connectivity index (χ0n) is 11.4. The quantitative estimate of drug-likeness (QED) is 0.696. The lowest BCUT2D eigenvalue weighted by atomic mass is 10.2. The number of amides is 1. The Labute approximate surface area is 135 Å². The molecule has 0 unspecified atom stereocenters. The van der Waals surface area contributed by atoms with Crippen molar-refractivity contribution in [1.29, 1.82) is 0 Å². The van der Waals surface area contributed by atoms with E-state index in [0.717, 1.165) is 19.7 Å². The second-order valence-electron chi connectivity index (χ2n) is 4.72. The van der Waals surface area contributed by atoms with Crippen LogP contribution < -0.4 is 0 Å². The molecule has 2 aromatic carbocycles. The Hall–Kier alpha value is -1.72. The summed E-state index contributed by atoms with van der Waals surface area (Å²) in [4.78, 5) is 18.7. The van der Waals surface area contributed by atoms with Crippen molar-refractivity contribution in [3.05, 3.63) is 63.6 Å². The fourth-order valence-electron chi connectivity index (χ4n) is 2.10. The predicted octanol–water partition coefficient (Wildman–Crippen LogP) is 4.33. The van der Waals surface area contributed by atoms with E-state index in [4.69, 9.17) is 0 Å². The first-order chi connectivity index (χ1) is 10.1. The third kappa shape index (κ3) is 2.99. The molecule has 0 radical (unpaired) electrons. The first-order valence-corrected chi connectivity index (χ1v) is 8.10. The molecule has 0 N–H and O–H groups in total. The van der Waals surface area contributed by atoms with E-state index in [1.807, 2.05) is 48.5 Å². The second-order valence-corrected chi connectivity index (χ2v) is 6.69. The number of carbonyl (C=O) groups excluding carboxylic acids is 1. The minimum atomic E-state index is -0.0123. The van der Waals surface area contributed by atoms with Gasteiger partial charge < -0.3 is 4.90 Å². The number of aromatic nitrogens is 1. The van der Waals surface area contributed by atoms with Crippen molar-refractivity contribution in [2.45, 2.75) is 6.54 Å². The molecule has 106 valence electrons. The van der Waals surface area contributed by atoms with E-state index in [1.54, 1.807) is 23.3 Å². The molecule has 0 aliphatic carbocycles. The van der Waals surface area contributed by atoms with Crippen LogP contribution >= 0.6 is 27.3 Å². The summed E-state index contributed by atoms with van der Waals surface area (Å²) in [5, 5.41) is 0.944. The number of hydrogen-bond acceptors (Lipinski definition) is 3. The molecule has 0 atom stereocenters. The summed E-state index contributed by atoms with van der Waals surface area (Å²) in [5.41, 5.74) is 1.65. The van der Waals surface area contributed by atoms with Crippen LogP contribution in [0.3, 0.4) is 0 Å². The summed E-state index contributed by atoms with van der Waals surface area (Å²) >= 11 is 5.04. The molecule has 0 fully saturated rings. The number of thiazole rings is 1. The van der Waals surface area contributed by atoms with Gasteiger partial charge >= 0.3 is 0 Å². The highest BCUT2D eigenvalue weighted by Gasteiger charge is 2.16. The van der Waals surface area contributed by atoms with E-state index in [0.29, 0.717) is 12.1 Å². The van der Waals surface area contributed by atoms with Crippen LogP contribution in [0.15, 0.2) is 53.0 Å².